The highest BCUT2D eigenvalue weighted by molar-refractivity contribution is 6.12. The quantitative estimate of drug-likeness (QED) is 0.657. The van der Waals surface area contributed by atoms with Crippen LogP contribution in [0.2, 0.25) is 0 Å². The third-order valence-electron chi connectivity index (χ3n) is 2.10. The Morgan fingerprint density at radius 3 is 2.53 bits per heavy atom. The molecule has 0 aliphatic carbocycles. The van der Waals surface area contributed by atoms with E-state index in [1.165, 1.54) is 18.3 Å². The van der Waals surface area contributed by atoms with Gasteiger partial charge in [0.2, 0.25) is 0 Å². The number of imide groups is 1. The number of aliphatic carboxylic acids is 1. The zero-order chi connectivity index (χ0) is 12.4. The second-order valence-corrected chi connectivity index (χ2v) is 3.40. The zero-order valence-corrected chi connectivity index (χ0v) is 8.61. The van der Waals surface area contributed by atoms with Crippen molar-refractivity contribution in [2.24, 2.45) is 0 Å². The molecule has 1 aromatic rings. The lowest BCUT2D eigenvalue weighted by Crippen LogP contribution is -2.29. The van der Waals surface area contributed by atoms with Gasteiger partial charge < -0.3 is 5.11 Å². The van der Waals surface area contributed by atoms with Crippen molar-refractivity contribution in [1.29, 1.82) is 0 Å². The molecule has 0 fully saturated rings. The highest BCUT2D eigenvalue weighted by Crippen LogP contribution is 2.08. The molecule has 0 aromatic carbocycles. The second kappa shape index (κ2) is 4.16. The number of rotatable bonds is 4. The molecule has 0 bridgehead atoms. The summed E-state index contributed by atoms with van der Waals surface area (Å²) in [5, 5.41) is 15.8. The van der Waals surface area contributed by atoms with Crippen molar-refractivity contribution >= 4 is 17.8 Å². The molecule has 2 heterocycles. The summed E-state index contributed by atoms with van der Waals surface area (Å²) in [6.07, 6.45) is 3.72. The fourth-order valence-electron chi connectivity index (χ4n) is 1.38. The van der Waals surface area contributed by atoms with E-state index in [4.69, 9.17) is 5.11 Å². The summed E-state index contributed by atoms with van der Waals surface area (Å²) >= 11 is 0. The maximum absolute atomic E-state index is 11.2. The minimum Gasteiger partial charge on any atom is -0.480 e. The van der Waals surface area contributed by atoms with Crippen molar-refractivity contribution in [1.82, 2.24) is 19.9 Å². The molecule has 1 N–H and O–H groups in total. The fraction of sp³-hybridized carbons (Fsp3) is 0.222. The van der Waals surface area contributed by atoms with E-state index in [1.807, 2.05) is 0 Å². The Labute approximate surface area is 95.1 Å². The highest BCUT2D eigenvalue weighted by atomic mass is 16.4. The van der Waals surface area contributed by atoms with Crippen LogP contribution in [0.4, 0.5) is 0 Å². The molecule has 1 aliphatic rings. The van der Waals surface area contributed by atoms with Crippen LogP contribution in [0.3, 0.4) is 0 Å². The molecule has 8 nitrogen and oxygen atoms in total. The van der Waals surface area contributed by atoms with Gasteiger partial charge in [0.15, 0.2) is 0 Å². The van der Waals surface area contributed by atoms with Gasteiger partial charge in [0.1, 0.15) is 12.2 Å². The van der Waals surface area contributed by atoms with Gasteiger partial charge in [-0.25, -0.2) is 4.68 Å². The maximum atomic E-state index is 11.2. The fourth-order valence-corrected chi connectivity index (χ4v) is 1.38. The topological polar surface area (TPSA) is 105 Å². The number of aromatic nitrogens is 3. The van der Waals surface area contributed by atoms with Crippen molar-refractivity contribution in [3.05, 3.63) is 24.0 Å². The molecule has 8 heteroatoms. The molecule has 0 unspecified atom stereocenters. The molecule has 0 saturated heterocycles. The lowest BCUT2D eigenvalue weighted by atomic mass is 10.4. The molecule has 17 heavy (non-hydrogen) atoms. The van der Waals surface area contributed by atoms with E-state index in [1.54, 1.807) is 0 Å². The van der Waals surface area contributed by atoms with Crippen LogP contribution in [0.15, 0.2) is 18.3 Å². The van der Waals surface area contributed by atoms with Gasteiger partial charge in [-0.1, -0.05) is 5.21 Å². The average molecular weight is 236 g/mol. The molecular weight excluding hydrogens is 228 g/mol. The standard InChI is InChI=1S/C9H8N4O4/c14-7-1-2-8(15)13(7)4-6-3-12(11-10-6)5-9(16)17/h1-3H,4-5H2,(H,16,17). The first-order valence-electron chi connectivity index (χ1n) is 4.70. The minimum absolute atomic E-state index is 0.00964. The van der Waals surface area contributed by atoms with Crippen molar-refractivity contribution in [3.63, 3.8) is 0 Å². The molecule has 1 aliphatic heterocycles. The van der Waals surface area contributed by atoms with Crippen molar-refractivity contribution in [2.45, 2.75) is 13.1 Å². The molecule has 0 spiro atoms. The third-order valence-corrected chi connectivity index (χ3v) is 2.10. The Kier molecular flexibility index (Phi) is 2.69. The lowest BCUT2D eigenvalue weighted by molar-refractivity contribution is -0.139. The van der Waals surface area contributed by atoms with E-state index < -0.39 is 17.8 Å². The number of carboxylic acids is 1. The van der Waals surface area contributed by atoms with Crippen LogP contribution in [-0.4, -0.2) is 42.8 Å². The van der Waals surface area contributed by atoms with E-state index in [-0.39, 0.29) is 13.1 Å². The lowest BCUT2D eigenvalue weighted by Gasteiger charge is -2.10. The van der Waals surface area contributed by atoms with Crippen LogP contribution in [-0.2, 0) is 27.5 Å². The van der Waals surface area contributed by atoms with Crippen LogP contribution in [0.1, 0.15) is 5.69 Å². The summed E-state index contributed by atoms with van der Waals surface area (Å²) in [5.74, 6) is -1.87. The van der Waals surface area contributed by atoms with Crippen LogP contribution in [0, 0.1) is 0 Å². The second-order valence-electron chi connectivity index (χ2n) is 3.40. The summed E-state index contributed by atoms with van der Waals surface area (Å²) in [7, 11) is 0. The molecular formula is C9H8N4O4. The van der Waals surface area contributed by atoms with Gasteiger partial charge >= 0.3 is 5.97 Å². The molecule has 1 aromatic heterocycles. The summed E-state index contributed by atoms with van der Waals surface area (Å²) < 4.78 is 1.12. The zero-order valence-electron chi connectivity index (χ0n) is 8.61. The van der Waals surface area contributed by atoms with Gasteiger partial charge in [-0.3, -0.25) is 19.3 Å². The summed E-state index contributed by atoms with van der Waals surface area (Å²) in [6.45, 7) is -0.322. The van der Waals surface area contributed by atoms with Crippen molar-refractivity contribution in [2.75, 3.05) is 0 Å². The van der Waals surface area contributed by atoms with E-state index >= 15 is 0 Å². The Morgan fingerprint density at radius 2 is 1.94 bits per heavy atom. The first kappa shape index (κ1) is 11.0. The van der Waals surface area contributed by atoms with E-state index in [0.29, 0.717) is 5.69 Å². The predicted molar refractivity (Wildman–Crippen MR) is 52.4 cm³/mol. The number of hydrogen-bond acceptors (Lipinski definition) is 5. The van der Waals surface area contributed by atoms with E-state index in [2.05, 4.69) is 10.3 Å². The molecule has 88 valence electrons. The van der Waals surface area contributed by atoms with E-state index in [9.17, 15) is 14.4 Å². The van der Waals surface area contributed by atoms with Gasteiger partial charge in [-0.15, -0.1) is 5.10 Å². The molecule has 0 atom stereocenters. The largest absolute Gasteiger partial charge is 0.480 e. The Balaban J connectivity index is 2.04. The molecule has 2 amide bonds. The minimum atomic E-state index is -1.04. The van der Waals surface area contributed by atoms with Crippen molar-refractivity contribution in [3.8, 4) is 0 Å². The molecule has 0 saturated carbocycles. The number of carboxylic acid groups (broad SMARTS) is 1. The summed E-state index contributed by atoms with van der Waals surface area (Å²) in [5.41, 5.74) is 0.358. The van der Waals surface area contributed by atoms with Gasteiger partial charge in [-0.2, -0.15) is 0 Å². The normalized spacial score (nSPS) is 14.7. The number of nitrogens with zero attached hydrogens (tertiary/aromatic N) is 4. The highest BCUT2D eigenvalue weighted by Gasteiger charge is 2.24. The number of carbonyl (C=O) groups is 3. The van der Waals surface area contributed by atoms with Gasteiger partial charge in [0.05, 0.1) is 12.7 Å². The van der Waals surface area contributed by atoms with Crippen molar-refractivity contribution < 1.29 is 19.5 Å². The summed E-state index contributed by atoms with van der Waals surface area (Å²) in [4.78, 5) is 33.9. The van der Waals surface area contributed by atoms with Crippen LogP contribution in [0.25, 0.3) is 0 Å². The first-order valence-corrected chi connectivity index (χ1v) is 4.70. The first-order chi connectivity index (χ1) is 8.06. The predicted octanol–water partition coefficient (Wildman–Crippen LogP) is -1.21. The number of hydrogen-bond donors (Lipinski definition) is 1. The molecule has 2 rings (SSSR count). The summed E-state index contributed by atoms with van der Waals surface area (Å²) in [6, 6.07) is 0. The maximum Gasteiger partial charge on any atom is 0.325 e. The Morgan fingerprint density at radius 1 is 1.29 bits per heavy atom. The van der Waals surface area contributed by atoms with Gasteiger partial charge in [0.25, 0.3) is 11.8 Å². The smallest absolute Gasteiger partial charge is 0.325 e. The van der Waals surface area contributed by atoms with Gasteiger partial charge in [0, 0.05) is 12.2 Å². The third kappa shape index (κ3) is 2.36. The van der Waals surface area contributed by atoms with Gasteiger partial charge in [-0.05, 0) is 0 Å². The Hall–Kier alpha value is -2.51. The average Bonchev–Trinajstić information content (AvgIpc) is 2.79. The Bertz CT molecular complexity index is 501. The number of amides is 2. The van der Waals surface area contributed by atoms with Crippen LogP contribution in [0.5, 0.6) is 0 Å². The number of carbonyl (C=O) groups excluding carboxylic acids is 2. The SMILES string of the molecule is O=C(O)Cn1cc(CN2C(=O)C=CC2=O)nn1. The monoisotopic (exact) mass is 236 g/mol. The van der Waals surface area contributed by atoms with Crippen LogP contribution >= 0.6 is 0 Å². The van der Waals surface area contributed by atoms with Crippen LogP contribution < -0.4 is 0 Å². The van der Waals surface area contributed by atoms with E-state index in [0.717, 1.165) is 9.58 Å². The molecule has 0 radical (unpaired) electrons.